The van der Waals surface area contributed by atoms with E-state index in [2.05, 4.69) is 25.5 Å². The predicted molar refractivity (Wildman–Crippen MR) is 128 cm³/mol. The van der Waals surface area contributed by atoms with Gasteiger partial charge >= 0.3 is 0 Å². The lowest BCUT2D eigenvalue weighted by Gasteiger charge is -2.09. The third-order valence-corrected chi connectivity index (χ3v) is 5.91. The van der Waals surface area contributed by atoms with Gasteiger partial charge in [-0.3, -0.25) is 14.3 Å². The Morgan fingerprint density at radius 3 is 2.63 bits per heavy atom. The first-order valence-corrected chi connectivity index (χ1v) is 11.4. The number of carbonyl (C=O) groups is 1. The van der Waals surface area contributed by atoms with E-state index >= 15 is 0 Å². The Bertz CT molecular complexity index is 1370. The van der Waals surface area contributed by atoms with E-state index in [-0.39, 0.29) is 11.3 Å². The monoisotopic (exact) mass is 471 g/mol. The zero-order valence-corrected chi connectivity index (χ0v) is 19.3. The second-order valence-electron chi connectivity index (χ2n) is 8.55. The minimum Gasteiger partial charge on any atom is -0.381 e. The smallest absolute Gasteiger partial charge is 0.254 e. The highest BCUT2D eigenvalue weighted by atomic mass is 16.5. The van der Waals surface area contributed by atoms with E-state index < -0.39 is 0 Å². The maximum absolute atomic E-state index is 12.4. The molecule has 5 rings (SSSR count). The summed E-state index contributed by atoms with van der Waals surface area (Å²) in [4.78, 5) is 33.4. The van der Waals surface area contributed by atoms with Crippen LogP contribution < -0.4 is 10.7 Å². The molecule has 1 aromatic carbocycles. The van der Waals surface area contributed by atoms with Gasteiger partial charge < -0.3 is 10.1 Å². The number of amides is 1. The highest BCUT2D eigenvalue weighted by Crippen LogP contribution is 2.17. The highest BCUT2D eigenvalue weighted by molar-refractivity contribution is 5.93. The van der Waals surface area contributed by atoms with Crippen LogP contribution in [0.3, 0.4) is 0 Å². The normalized spacial score (nSPS) is 15.3. The van der Waals surface area contributed by atoms with Crippen LogP contribution >= 0.6 is 0 Å². The van der Waals surface area contributed by atoms with Gasteiger partial charge in [0.15, 0.2) is 5.82 Å². The summed E-state index contributed by atoms with van der Waals surface area (Å²) in [7, 11) is 1.83. The molecule has 1 saturated heterocycles. The lowest BCUT2D eigenvalue weighted by atomic mass is 10.1. The van der Waals surface area contributed by atoms with Gasteiger partial charge in [-0.05, 0) is 12.0 Å². The van der Waals surface area contributed by atoms with Gasteiger partial charge in [0, 0.05) is 62.8 Å². The zero-order valence-electron chi connectivity index (χ0n) is 19.3. The van der Waals surface area contributed by atoms with E-state index in [4.69, 9.17) is 4.74 Å². The highest BCUT2D eigenvalue weighted by Gasteiger charge is 2.17. The number of aryl methyl sites for hydroxylation is 1. The third-order valence-electron chi connectivity index (χ3n) is 5.91. The Morgan fingerprint density at radius 2 is 1.94 bits per heavy atom. The molecule has 1 fully saturated rings. The summed E-state index contributed by atoms with van der Waals surface area (Å²) in [6.45, 7) is 2.03. The molecule has 4 aromatic rings. The Hall–Kier alpha value is -4.18. The second kappa shape index (κ2) is 9.98. The fourth-order valence-electron chi connectivity index (χ4n) is 3.88. The van der Waals surface area contributed by atoms with Crippen molar-refractivity contribution in [2.45, 2.75) is 12.8 Å². The number of aromatic nitrogens is 6. The molecule has 0 bridgehead atoms. The van der Waals surface area contributed by atoms with Crippen molar-refractivity contribution < 1.29 is 9.53 Å². The largest absolute Gasteiger partial charge is 0.381 e. The summed E-state index contributed by atoms with van der Waals surface area (Å²) >= 11 is 0. The number of carbonyl (C=O) groups excluding carboxylic acids is 1. The quantitative estimate of drug-likeness (QED) is 0.437. The topological polar surface area (TPSA) is 117 Å². The van der Waals surface area contributed by atoms with Crippen LogP contribution in [0.1, 0.15) is 28.0 Å². The molecule has 4 heterocycles. The van der Waals surface area contributed by atoms with Crippen LogP contribution in [0.15, 0.2) is 66.1 Å². The van der Waals surface area contributed by atoms with Gasteiger partial charge in [0.05, 0.1) is 24.6 Å². The van der Waals surface area contributed by atoms with Crippen LogP contribution in [0.5, 0.6) is 0 Å². The minimum atomic E-state index is -0.189. The predicted octanol–water partition coefficient (Wildman–Crippen LogP) is 1.78. The van der Waals surface area contributed by atoms with E-state index in [1.54, 1.807) is 21.8 Å². The van der Waals surface area contributed by atoms with Gasteiger partial charge in [0.2, 0.25) is 5.43 Å². The summed E-state index contributed by atoms with van der Waals surface area (Å²) in [5, 5.41) is 11.5. The molecular weight excluding hydrogens is 446 g/mol. The molecule has 1 N–H and O–H groups in total. The first kappa shape index (κ1) is 22.6. The molecule has 0 spiro atoms. The molecule has 0 saturated carbocycles. The van der Waals surface area contributed by atoms with Crippen molar-refractivity contribution in [3.8, 4) is 17.1 Å². The summed E-state index contributed by atoms with van der Waals surface area (Å²) in [6, 6.07) is 9.15. The van der Waals surface area contributed by atoms with Crippen molar-refractivity contribution in [2.75, 3.05) is 19.8 Å². The van der Waals surface area contributed by atoms with E-state index in [9.17, 15) is 9.59 Å². The van der Waals surface area contributed by atoms with Crippen molar-refractivity contribution >= 4 is 5.91 Å². The lowest BCUT2D eigenvalue weighted by Crippen LogP contribution is -2.29. The number of nitrogens with one attached hydrogen (secondary N) is 1. The van der Waals surface area contributed by atoms with Gasteiger partial charge in [-0.1, -0.05) is 24.3 Å². The van der Waals surface area contributed by atoms with Crippen LogP contribution in [0.2, 0.25) is 0 Å². The lowest BCUT2D eigenvalue weighted by molar-refractivity contribution is 0.0944. The van der Waals surface area contributed by atoms with Crippen LogP contribution in [0, 0.1) is 5.92 Å². The number of hydrogen-bond acceptors (Lipinski definition) is 7. The summed E-state index contributed by atoms with van der Waals surface area (Å²) in [6.07, 6.45) is 9.58. The number of ether oxygens (including phenoxy) is 1. The number of benzene rings is 1. The molecule has 0 aliphatic carbocycles. The standard InChI is InChI=1S/C25H25N7O3/c1-31-15-21(14-29-31)32-8-6-23(33)22(30-32)10-17-2-4-19(5-3-17)24-26-12-20(13-27-24)25(34)28-11-18-7-9-35-16-18/h2-6,8,12-15,18H,7,9-11,16H2,1H3,(H,28,34). The fraction of sp³-hybridized carbons (Fsp3) is 0.280. The first-order chi connectivity index (χ1) is 17.0. The number of hydrogen-bond donors (Lipinski definition) is 1. The molecule has 10 heteroatoms. The maximum Gasteiger partial charge on any atom is 0.254 e. The zero-order chi connectivity index (χ0) is 24.2. The van der Waals surface area contributed by atoms with E-state index in [0.717, 1.165) is 29.8 Å². The summed E-state index contributed by atoms with van der Waals surface area (Å²) in [5.41, 5.74) is 3.29. The minimum absolute atomic E-state index is 0.119. The molecule has 1 aliphatic rings. The molecule has 1 aliphatic heterocycles. The molecular formula is C25H25N7O3. The molecule has 1 amide bonds. The van der Waals surface area contributed by atoms with Gasteiger partial charge in [-0.2, -0.15) is 10.2 Å². The Labute approximate surface area is 201 Å². The first-order valence-electron chi connectivity index (χ1n) is 11.4. The third kappa shape index (κ3) is 5.33. The molecule has 0 radical (unpaired) electrons. The number of nitrogens with zero attached hydrogens (tertiary/aromatic N) is 6. The van der Waals surface area contributed by atoms with Gasteiger partial charge in [-0.25, -0.2) is 14.6 Å². The van der Waals surface area contributed by atoms with Gasteiger partial charge in [-0.15, -0.1) is 0 Å². The Morgan fingerprint density at radius 1 is 1.14 bits per heavy atom. The van der Waals surface area contributed by atoms with Crippen molar-refractivity contribution in [1.82, 2.24) is 34.8 Å². The van der Waals surface area contributed by atoms with E-state index in [1.165, 1.54) is 18.5 Å². The second-order valence-corrected chi connectivity index (χ2v) is 8.55. The van der Waals surface area contributed by atoms with Crippen LogP contribution in [-0.4, -0.2) is 55.2 Å². The Kier molecular flexibility index (Phi) is 6.44. The Balaban J connectivity index is 1.24. The molecule has 1 unspecified atom stereocenters. The van der Waals surface area contributed by atoms with Gasteiger partial charge in [0.25, 0.3) is 5.91 Å². The number of rotatable bonds is 7. The summed E-state index contributed by atoms with van der Waals surface area (Å²) in [5.74, 6) is 0.696. The molecule has 178 valence electrons. The average Bonchev–Trinajstić information content (AvgIpc) is 3.56. The van der Waals surface area contributed by atoms with E-state index in [0.29, 0.717) is 42.6 Å². The van der Waals surface area contributed by atoms with Crippen molar-refractivity contribution in [2.24, 2.45) is 13.0 Å². The SMILES string of the molecule is Cn1cc(-n2ccc(=O)c(Cc3ccc(-c4ncc(C(=O)NCC5CCOC5)cn4)cc3)n2)cn1. The molecule has 3 aromatic heterocycles. The molecule has 10 nitrogen and oxygen atoms in total. The van der Waals surface area contributed by atoms with Crippen LogP contribution in [0.4, 0.5) is 0 Å². The van der Waals surface area contributed by atoms with Crippen molar-refractivity contribution in [3.05, 3.63) is 88.4 Å². The summed E-state index contributed by atoms with van der Waals surface area (Å²) < 4.78 is 8.66. The van der Waals surface area contributed by atoms with E-state index in [1.807, 2.05) is 37.5 Å². The molecule has 35 heavy (non-hydrogen) atoms. The van der Waals surface area contributed by atoms with Gasteiger partial charge in [0.1, 0.15) is 11.4 Å². The van der Waals surface area contributed by atoms with Crippen molar-refractivity contribution in [1.29, 1.82) is 0 Å². The maximum atomic E-state index is 12.4. The average molecular weight is 472 g/mol. The molecule has 1 atom stereocenters. The van der Waals surface area contributed by atoms with Crippen molar-refractivity contribution in [3.63, 3.8) is 0 Å². The fourth-order valence-corrected chi connectivity index (χ4v) is 3.88. The van der Waals surface area contributed by atoms with Crippen LogP contribution in [-0.2, 0) is 18.2 Å². The van der Waals surface area contributed by atoms with Crippen LogP contribution in [0.25, 0.3) is 17.1 Å².